The Morgan fingerprint density at radius 2 is 1.74 bits per heavy atom. The van der Waals surface area contributed by atoms with E-state index in [9.17, 15) is 0 Å². The average Bonchev–Trinajstić information content (AvgIpc) is 2.46. The molecule has 19 heavy (non-hydrogen) atoms. The van der Waals surface area contributed by atoms with Crippen LogP contribution in [0.4, 0.5) is 5.95 Å². The Morgan fingerprint density at radius 3 is 2.16 bits per heavy atom. The van der Waals surface area contributed by atoms with Gasteiger partial charge in [-0.1, -0.05) is 0 Å². The van der Waals surface area contributed by atoms with E-state index in [0.717, 1.165) is 25.9 Å². The van der Waals surface area contributed by atoms with Gasteiger partial charge in [0.2, 0.25) is 17.7 Å². The lowest BCUT2D eigenvalue weighted by Gasteiger charge is -2.33. The van der Waals surface area contributed by atoms with Gasteiger partial charge in [0.15, 0.2) is 0 Å². The fraction of sp³-hybridized carbons (Fsp3) is 0.692. The van der Waals surface area contributed by atoms with E-state index < -0.39 is 0 Å². The molecule has 1 aliphatic heterocycles. The number of nitrogens with two attached hydrogens (primary N) is 1. The van der Waals surface area contributed by atoms with Gasteiger partial charge in [0.05, 0.1) is 20.3 Å². The van der Waals surface area contributed by atoms with E-state index in [-0.39, 0.29) is 6.04 Å². The molecule has 0 bridgehead atoms. The van der Waals surface area contributed by atoms with Crippen LogP contribution in [0.5, 0.6) is 11.8 Å². The van der Waals surface area contributed by atoms with Crippen molar-refractivity contribution in [2.45, 2.75) is 25.8 Å². The molecule has 2 N–H and O–H groups in total. The third-order valence-electron chi connectivity index (χ3n) is 3.65. The Labute approximate surface area is 113 Å². The summed E-state index contributed by atoms with van der Waals surface area (Å²) in [6, 6.07) is 1.93. The molecule has 1 aromatic rings. The summed E-state index contributed by atoms with van der Waals surface area (Å²) in [7, 11) is 3.18. The molecule has 2 heterocycles. The number of aromatic nitrogens is 2. The number of ether oxygens (including phenoxy) is 2. The summed E-state index contributed by atoms with van der Waals surface area (Å²) in [5, 5.41) is 0. The van der Waals surface area contributed by atoms with Crippen LogP contribution in [0.3, 0.4) is 0 Å². The first kappa shape index (κ1) is 13.9. The first-order chi connectivity index (χ1) is 9.13. The normalized spacial score (nSPS) is 18.2. The summed E-state index contributed by atoms with van der Waals surface area (Å²) in [4.78, 5) is 10.9. The van der Waals surface area contributed by atoms with E-state index in [1.54, 1.807) is 20.3 Å². The standard InChI is InChI=1S/C13H22N4O2/c1-9(14)10-4-6-17(7-5-10)13-15-11(18-2)8-12(16-13)19-3/h8-10H,4-7,14H2,1-3H3. The molecule has 1 aliphatic rings. The van der Waals surface area contributed by atoms with Crippen molar-refractivity contribution in [2.75, 3.05) is 32.2 Å². The highest BCUT2D eigenvalue weighted by Crippen LogP contribution is 2.25. The van der Waals surface area contributed by atoms with Gasteiger partial charge < -0.3 is 20.1 Å². The number of nitrogens with zero attached hydrogens (tertiary/aromatic N) is 3. The molecule has 1 atom stereocenters. The molecule has 106 valence electrons. The van der Waals surface area contributed by atoms with Crippen LogP contribution < -0.4 is 20.1 Å². The third-order valence-corrected chi connectivity index (χ3v) is 3.65. The van der Waals surface area contributed by atoms with Crippen LogP contribution in [0, 0.1) is 5.92 Å². The van der Waals surface area contributed by atoms with E-state index in [0.29, 0.717) is 23.6 Å². The maximum absolute atomic E-state index is 5.95. The fourth-order valence-electron chi connectivity index (χ4n) is 2.37. The summed E-state index contributed by atoms with van der Waals surface area (Å²) >= 11 is 0. The predicted molar refractivity (Wildman–Crippen MR) is 73.7 cm³/mol. The third kappa shape index (κ3) is 3.26. The van der Waals surface area contributed by atoms with Gasteiger partial charge in [-0.2, -0.15) is 9.97 Å². The minimum Gasteiger partial charge on any atom is -0.481 e. The summed E-state index contributed by atoms with van der Waals surface area (Å²) in [6.45, 7) is 3.91. The minimum absolute atomic E-state index is 0.253. The van der Waals surface area contributed by atoms with Crippen molar-refractivity contribution in [1.82, 2.24) is 9.97 Å². The minimum atomic E-state index is 0.253. The predicted octanol–water partition coefficient (Wildman–Crippen LogP) is 1.06. The quantitative estimate of drug-likeness (QED) is 0.878. The van der Waals surface area contributed by atoms with E-state index in [1.807, 2.05) is 0 Å². The highest BCUT2D eigenvalue weighted by Gasteiger charge is 2.24. The highest BCUT2D eigenvalue weighted by molar-refractivity contribution is 5.37. The lowest BCUT2D eigenvalue weighted by Crippen LogP contribution is -2.40. The zero-order valence-corrected chi connectivity index (χ0v) is 11.8. The Morgan fingerprint density at radius 1 is 1.21 bits per heavy atom. The van der Waals surface area contributed by atoms with Gasteiger partial charge >= 0.3 is 0 Å². The molecule has 1 aromatic heterocycles. The van der Waals surface area contributed by atoms with Crippen LogP contribution in [-0.2, 0) is 0 Å². The van der Waals surface area contributed by atoms with Gasteiger partial charge in [-0.05, 0) is 25.7 Å². The number of hydrogen-bond donors (Lipinski definition) is 1. The summed E-state index contributed by atoms with van der Waals surface area (Å²) in [5.41, 5.74) is 5.95. The Kier molecular flexibility index (Phi) is 4.42. The first-order valence-corrected chi connectivity index (χ1v) is 6.61. The Hall–Kier alpha value is -1.56. The van der Waals surface area contributed by atoms with Crippen molar-refractivity contribution >= 4 is 5.95 Å². The maximum atomic E-state index is 5.95. The molecule has 2 rings (SSSR count). The lowest BCUT2D eigenvalue weighted by atomic mass is 9.91. The highest BCUT2D eigenvalue weighted by atomic mass is 16.5. The van der Waals surface area contributed by atoms with Gasteiger partial charge in [0, 0.05) is 19.1 Å². The summed E-state index contributed by atoms with van der Waals surface area (Å²) in [5.74, 6) is 2.30. The topological polar surface area (TPSA) is 73.5 Å². The van der Waals surface area contributed by atoms with E-state index in [2.05, 4.69) is 21.8 Å². The van der Waals surface area contributed by atoms with E-state index >= 15 is 0 Å². The van der Waals surface area contributed by atoms with Crippen molar-refractivity contribution in [3.8, 4) is 11.8 Å². The number of anilines is 1. The molecular formula is C13H22N4O2. The van der Waals surface area contributed by atoms with Gasteiger partial charge in [-0.15, -0.1) is 0 Å². The fourth-order valence-corrected chi connectivity index (χ4v) is 2.37. The molecule has 0 aliphatic carbocycles. The van der Waals surface area contributed by atoms with Crippen LogP contribution in [0.15, 0.2) is 6.07 Å². The number of rotatable bonds is 4. The monoisotopic (exact) mass is 266 g/mol. The zero-order valence-electron chi connectivity index (χ0n) is 11.8. The van der Waals surface area contributed by atoms with Crippen LogP contribution in [-0.4, -0.2) is 43.3 Å². The van der Waals surface area contributed by atoms with Crippen molar-refractivity contribution in [3.63, 3.8) is 0 Å². The van der Waals surface area contributed by atoms with Crippen molar-refractivity contribution in [3.05, 3.63) is 6.07 Å². The second-order valence-electron chi connectivity index (χ2n) is 4.94. The van der Waals surface area contributed by atoms with Crippen LogP contribution in [0.2, 0.25) is 0 Å². The molecular weight excluding hydrogens is 244 g/mol. The van der Waals surface area contributed by atoms with E-state index in [4.69, 9.17) is 15.2 Å². The molecule has 0 aromatic carbocycles. The van der Waals surface area contributed by atoms with Gasteiger partial charge in [-0.3, -0.25) is 0 Å². The molecule has 0 spiro atoms. The Balaban J connectivity index is 2.10. The number of methoxy groups -OCH3 is 2. The van der Waals surface area contributed by atoms with Crippen molar-refractivity contribution in [2.24, 2.45) is 11.7 Å². The average molecular weight is 266 g/mol. The number of piperidine rings is 1. The first-order valence-electron chi connectivity index (χ1n) is 6.61. The molecule has 6 nitrogen and oxygen atoms in total. The second-order valence-corrected chi connectivity index (χ2v) is 4.94. The van der Waals surface area contributed by atoms with Gasteiger partial charge in [0.25, 0.3) is 0 Å². The Bertz CT molecular complexity index is 395. The van der Waals surface area contributed by atoms with Crippen molar-refractivity contribution < 1.29 is 9.47 Å². The molecule has 1 saturated heterocycles. The van der Waals surface area contributed by atoms with Gasteiger partial charge in [0.1, 0.15) is 0 Å². The second kappa shape index (κ2) is 6.06. The molecule has 0 saturated carbocycles. The molecule has 1 fully saturated rings. The smallest absolute Gasteiger partial charge is 0.231 e. The zero-order chi connectivity index (χ0) is 13.8. The molecule has 0 amide bonds. The van der Waals surface area contributed by atoms with Crippen LogP contribution >= 0.6 is 0 Å². The molecule has 1 unspecified atom stereocenters. The van der Waals surface area contributed by atoms with Gasteiger partial charge in [-0.25, -0.2) is 0 Å². The number of hydrogen-bond acceptors (Lipinski definition) is 6. The molecule has 0 radical (unpaired) electrons. The maximum Gasteiger partial charge on any atom is 0.231 e. The molecule has 6 heteroatoms. The largest absolute Gasteiger partial charge is 0.481 e. The SMILES string of the molecule is COc1cc(OC)nc(N2CCC(C(C)N)CC2)n1. The van der Waals surface area contributed by atoms with E-state index in [1.165, 1.54) is 0 Å². The summed E-state index contributed by atoms with van der Waals surface area (Å²) in [6.07, 6.45) is 2.14. The lowest BCUT2D eigenvalue weighted by molar-refractivity contribution is 0.346. The van der Waals surface area contributed by atoms with Crippen LogP contribution in [0.25, 0.3) is 0 Å². The van der Waals surface area contributed by atoms with Crippen LogP contribution in [0.1, 0.15) is 19.8 Å². The summed E-state index contributed by atoms with van der Waals surface area (Å²) < 4.78 is 10.3. The van der Waals surface area contributed by atoms with Crippen molar-refractivity contribution in [1.29, 1.82) is 0 Å².